The van der Waals surface area contributed by atoms with E-state index in [9.17, 15) is 13.2 Å². The van der Waals surface area contributed by atoms with Gasteiger partial charge >= 0.3 is 0 Å². The van der Waals surface area contributed by atoms with Crippen LogP contribution in [0.25, 0.3) is 0 Å². The molecular weight excluding hydrogens is 324 g/mol. The maximum Gasteiger partial charge on any atom is 0.251 e. The average Bonchev–Trinajstić information content (AvgIpc) is 3.36. The van der Waals surface area contributed by atoms with E-state index in [1.165, 1.54) is 12.1 Å². The van der Waals surface area contributed by atoms with Crippen molar-refractivity contribution < 1.29 is 13.2 Å². The molecule has 0 unspecified atom stereocenters. The predicted octanol–water partition coefficient (Wildman–Crippen LogP) is 2.37. The van der Waals surface area contributed by atoms with Crippen molar-refractivity contribution in [2.24, 2.45) is 0 Å². The monoisotopic (exact) mass is 344 g/mol. The quantitative estimate of drug-likeness (QED) is 0.845. The topological polar surface area (TPSA) is 75.3 Å². The third kappa shape index (κ3) is 4.21. The van der Waals surface area contributed by atoms with E-state index in [-0.39, 0.29) is 16.8 Å². The first kappa shape index (κ1) is 16.7. The molecule has 126 valence electrons. The molecule has 5 nitrogen and oxygen atoms in total. The van der Waals surface area contributed by atoms with Gasteiger partial charge in [-0.1, -0.05) is 35.9 Å². The minimum absolute atomic E-state index is 0.0359. The summed E-state index contributed by atoms with van der Waals surface area (Å²) >= 11 is 0. The molecule has 1 fully saturated rings. The Hall–Kier alpha value is -2.18. The van der Waals surface area contributed by atoms with Crippen LogP contribution in [0.5, 0.6) is 0 Å². The first-order valence-corrected chi connectivity index (χ1v) is 9.38. The molecule has 0 bridgehead atoms. The lowest BCUT2D eigenvalue weighted by atomic mass is 10.1. The number of nitrogens with one attached hydrogen (secondary N) is 2. The number of sulfonamides is 1. The van der Waals surface area contributed by atoms with Gasteiger partial charge in [-0.15, -0.1) is 0 Å². The third-order valence-electron chi connectivity index (χ3n) is 3.84. The number of carbonyl (C=O) groups excluding carboxylic acids is 1. The Morgan fingerprint density at radius 1 is 1.12 bits per heavy atom. The second-order valence-corrected chi connectivity index (χ2v) is 7.81. The van der Waals surface area contributed by atoms with Gasteiger partial charge in [0.15, 0.2) is 0 Å². The van der Waals surface area contributed by atoms with Crippen LogP contribution in [0.4, 0.5) is 0 Å². The molecule has 0 saturated heterocycles. The zero-order valence-electron chi connectivity index (χ0n) is 13.5. The summed E-state index contributed by atoms with van der Waals surface area (Å²) in [5.41, 5.74) is 2.46. The van der Waals surface area contributed by atoms with Crippen LogP contribution in [0.1, 0.15) is 34.3 Å². The maximum absolute atomic E-state index is 12.3. The molecule has 1 aliphatic carbocycles. The summed E-state index contributed by atoms with van der Waals surface area (Å²) in [7, 11) is -3.56. The van der Waals surface area contributed by atoms with Crippen molar-refractivity contribution in [1.82, 2.24) is 10.0 Å². The minimum atomic E-state index is -3.56. The standard InChI is InChI=1S/C18H20N2O3S/c1-13-4-2-5-14(10-13)12-19-18(21)15-6-3-7-17(11-15)24(22,23)20-16-8-9-16/h2-7,10-11,16,20H,8-9,12H2,1H3,(H,19,21). The fraction of sp³-hybridized carbons (Fsp3) is 0.278. The van der Waals surface area contributed by atoms with E-state index in [4.69, 9.17) is 0 Å². The lowest BCUT2D eigenvalue weighted by molar-refractivity contribution is 0.0950. The summed E-state index contributed by atoms with van der Waals surface area (Å²) in [6, 6.07) is 14.0. The summed E-state index contributed by atoms with van der Waals surface area (Å²) in [6.45, 7) is 2.39. The van der Waals surface area contributed by atoms with E-state index in [1.807, 2.05) is 31.2 Å². The van der Waals surface area contributed by atoms with E-state index in [1.54, 1.807) is 12.1 Å². The summed E-state index contributed by atoms with van der Waals surface area (Å²) < 4.78 is 27.1. The highest BCUT2D eigenvalue weighted by Crippen LogP contribution is 2.22. The highest BCUT2D eigenvalue weighted by atomic mass is 32.2. The Balaban J connectivity index is 1.70. The van der Waals surface area contributed by atoms with Gasteiger partial charge in [-0.25, -0.2) is 13.1 Å². The van der Waals surface area contributed by atoms with Gasteiger partial charge in [0.1, 0.15) is 0 Å². The van der Waals surface area contributed by atoms with Crippen molar-refractivity contribution in [2.45, 2.75) is 37.2 Å². The van der Waals surface area contributed by atoms with E-state index in [0.29, 0.717) is 12.1 Å². The first-order valence-electron chi connectivity index (χ1n) is 7.90. The van der Waals surface area contributed by atoms with Crippen LogP contribution in [0.2, 0.25) is 0 Å². The molecule has 0 atom stereocenters. The number of hydrogen-bond donors (Lipinski definition) is 2. The molecule has 1 saturated carbocycles. The Morgan fingerprint density at radius 2 is 1.88 bits per heavy atom. The lowest BCUT2D eigenvalue weighted by Gasteiger charge is -2.09. The fourth-order valence-corrected chi connectivity index (χ4v) is 3.75. The zero-order chi connectivity index (χ0) is 17.2. The van der Waals surface area contributed by atoms with Crippen molar-refractivity contribution in [1.29, 1.82) is 0 Å². The Morgan fingerprint density at radius 3 is 2.58 bits per heavy atom. The molecule has 0 spiro atoms. The Bertz CT molecular complexity index is 858. The number of amides is 1. The molecule has 1 aliphatic rings. The minimum Gasteiger partial charge on any atom is -0.348 e. The van der Waals surface area contributed by atoms with Gasteiger partial charge in [0.2, 0.25) is 10.0 Å². The molecule has 24 heavy (non-hydrogen) atoms. The summed E-state index contributed by atoms with van der Waals surface area (Å²) in [5, 5.41) is 2.82. The van der Waals surface area contributed by atoms with Crippen LogP contribution in [0.15, 0.2) is 53.4 Å². The molecule has 1 amide bonds. The van der Waals surface area contributed by atoms with Crippen molar-refractivity contribution in [2.75, 3.05) is 0 Å². The second-order valence-electron chi connectivity index (χ2n) is 6.10. The molecular formula is C18H20N2O3S. The molecule has 3 rings (SSSR count). The number of rotatable bonds is 6. The van der Waals surface area contributed by atoms with Crippen LogP contribution in [-0.2, 0) is 16.6 Å². The summed E-state index contributed by atoms with van der Waals surface area (Å²) in [4.78, 5) is 12.4. The van der Waals surface area contributed by atoms with Gasteiger partial charge in [-0.3, -0.25) is 4.79 Å². The van der Waals surface area contributed by atoms with Gasteiger partial charge in [0.25, 0.3) is 5.91 Å². The average molecular weight is 344 g/mol. The molecule has 0 aromatic heterocycles. The van der Waals surface area contributed by atoms with Crippen molar-refractivity contribution in [3.63, 3.8) is 0 Å². The van der Waals surface area contributed by atoms with E-state index >= 15 is 0 Å². The summed E-state index contributed by atoms with van der Waals surface area (Å²) in [5.74, 6) is -0.292. The van der Waals surface area contributed by atoms with Crippen molar-refractivity contribution >= 4 is 15.9 Å². The lowest BCUT2D eigenvalue weighted by Crippen LogP contribution is -2.27. The molecule has 0 aliphatic heterocycles. The van der Waals surface area contributed by atoms with Crippen molar-refractivity contribution in [3.05, 3.63) is 65.2 Å². The van der Waals surface area contributed by atoms with Crippen LogP contribution < -0.4 is 10.0 Å². The SMILES string of the molecule is Cc1cccc(CNC(=O)c2cccc(S(=O)(=O)NC3CC3)c2)c1. The maximum atomic E-state index is 12.3. The molecule has 6 heteroatoms. The number of carbonyl (C=O) groups is 1. The van der Waals surface area contributed by atoms with E-state index in [2.05, 4.69) is 10.0 Å². The van der Waals surface area contributed by atoms with Gasteiger partial charge in [0, 0.05) is 18.2 Å². The normalized spacial score (nSPS) is 14.4. The van der Waals surface area contributed by atoms with E-state index in [0.717, 1.165) is 24.0 Å². The molecule has 2 aromatic carbocycles. The highest BCUT2D eigenvalue weighted by molar-refractivity contribution is 7.89. The number of aryl methyl sites for hydroxylation is 1. The van der Waals surface area contributed by atoms with Crippen LogP contribution >= 0.6 is 0 Å². The molecule has 0 heterocycles. The second kappa shape index (κ2) is 6.75. The zero-order valence-corrected chi connectivity index (χ0v) is 14.3. The van der Waals surface area contributed by atoms with Crippen LogP contribution in [0.3, 0.4) is 0 Å². The number of hydrogen-bond acceptors (Lipinski definition) is 3. The predicted molar refractivity (Wildman–Crippen MR) is 92.1 cm³/mol. The molecule has 2 aromatic rings. The smallest absolute Gasteiger partial charge is 0.251 e. The Kier molecular flexibility index (Phi) is 4.69. The van der Waals surface area contributed by atoms with Gasteiger partial charge in [-0.05, 0) is 43.5 Å². The Labute approximate surface area is 142 Å². The van der Waals surface area contributed by atoms with Gasteiger partial charge in [0.05, 0.1) is 4.90 Å². The van der Waals surface area contributed by atoms with Crippen molar-refractivity contribution in [3.8, 4) is 0 Å². The van der Waals surface area contributed by atoms with E-state index < -0.39 is 10.0 Å². The third-order valence-corrected chi connectivity index (χ3v) is 5.36. The van der Waals surface area contributed by atoms with Crippen LogP contribution in [-0.4, -0.2) is 20.4 Å². The first-order chi connectivity index (χ1) is 11.4. The van der Waals surface area contributed by atoms with Gasteiger partial charge in [-0.2, -0.15) is 0 Å². The van der Waals surface area contributed by atoms with Gasteiger partial charge < -0.3 is 5.32 Å². The fourth-order valence-electron chi connectivity index (χ4n) is 2.40. The largest absolute Gasteiger partial charge is 0.348 e. The number of benzene rings is 2. The van der Waals surface area contributed by atoms with Crippen LogP contribution in [0, 0.1) is 6.92 Å². The molecule has 0 radical (unpaired) electrons. The molecule has 2 N–H and O–H groups in total. The summed E-state index contributed by atoms with van der Waals surface area (Å²) in [6.07, 6.45) is 1.74. The highest BCUT2D eigenvalue weighted by Gasteiger charge is 2.28.